The first kappa shape index (κ1) is 21.1. The third-order valence-corrected chi connectivity index (χ3v) is 5.42. The molecule has 9 nitrogen and oxygen atoms in total. The van der Waals surface area contributed by atoms with Gasteiger partial charge < -0.3 is 10.4 Å². The van der Waals surface area contributed by atoms with E-state index in [2.05, 4.69) is 10.3 Å². The zero-order chi connectivity index (χ0) is 22.8. The fourth-order valence-corrected chi connectivity index (χ4v) is 3.68. The van der Waals surface area contributed by atoms with E-state index in [1.165, 1.54) is 18.7 Å². The number of fused-ring (bicyclic) bond motifs is 1. The molecule has 164 valence electrons. The van der Waals surface area contributed by atoms with E-state index >= 15 is 0 Å². The molecule has 2 aromatic heterocycles. The zero-order valence-corrected chi connectivity index (χ0v) is 17.7. The summed E-state index contributed by atoms with van der Waals surface area (Å²) in [4.78, 5) is 41.9. The van der Waals surface area contributed by atoms with Crippen LogP contribution < -0.4 is 16.6 Å². The summed E-state index contributed by atoms with van der Waals surface area (Å²) in [6.45, 7) is 0.283. The lowest BCUT2D eigenvalue weighted by Gasteiger charge is -2.17. The van der Waals surface area contributed by atoms with Gasteiger partial charge in [-0.1, -0.05) is 60.7 Å². The van der Waals surface area contributed by atoms with Gasteiger partial charge in [0.1, 0.15) is 6.04 Å². The summed E-state index contributed by atoms with van der Waals surface area (Å²) in [5.41, 5.74) is 1.18. The van der Waals surface area contributed by atoms with Crippen LogP contribution in [0.25, 0.3) is 11.2 Å². The number of imidazole rings is 1. The lowest BCUT2D eigenvalue weighted by molar-refractivity contribution is -0.137. The predicted molar refractivity (Wildman–Crippen MR) is 121 cm³/mol. The van der Waals surface area contributed by atoms with Crippen molar-refractivity contribution in [3.05, 3.63) is 92.6 Å². The highest BCUT2D eigenvalue weighted by Gasteiger charge is 2.24. The maximum atomic E-state index is 13.0. The van der Waals surface area contributed by atoms with Gasteiger partial charge in [0.05, 0.1) is 6.54 Å². The van der Waals surface area contributed by atoms with Crippen molar-refractivity contribution in [3.63, 3.8) is 0 Å². The van der Waals surface area contributed by atoms with E-state index in [4.69, 9.17) is 0 Å². The van der Waals surface area contributed by atoms with Crippen LogP contribution in [-0.2, 0) is 31.9 Å². The topological polar surface area (TPSA) is 111 Å². The SMILES string of the molecule is Cn1c(=O)c2c(nc(N[C@H](Cc3ccccc3)C(=O)O)n2Cc2ccccc2)n(C)c1=O. The molecule has 2 N–H and O–H groups in total. The number of hydrogen-bond donors (Lipinski definition) is 2. The summed E-state index contributed by atoms with van der Waals surface area (Å²) in [7, 11) is 2.94. The maximum absolute atomic E-state index is 13.0. The summed E-state index contributed by atoms with van der Waals surface area (Å²) in [6, 6.07) is 17.7. The smallest absolute Gasteiger partial charge is 0.332 e. The van der Waals surface area contributed by atoms with E-state index in [-0.39, 0.29) is 30.1 Å². The molecule has 9 heteroatoms. The fourth-order valence-electron chi connectivity index (χ4n) is 3.68. The molecule has 32 heavy (non-hydrogen) atoms. The predicted octanol–water partition coefficient (Wildman–Crippen LogP) is 1.59. The summed E-state index contributed by atoms with van der Waals surface area (Å²) >= 11 is 0. The minimum absolute atomic E-state index is 0.195. The van der Waals surface area contributed by atoms with Crippen LogP contribution in [0, 0.1) is 0 Å². The molecular formula is C23H23N5O4. The van der Waals surface area contributed by atoms with Crippen LogP contribution in [0.4, 0.5) is 5.95 Å². The van der Waals surface area contributed by atoms with Crippen molar-refractivity contribution in [2.24, 2.45) is 14.1 Å². The number of aromatic nitrogens is 4. The van der Waals surface area contributed by atoms with Gasteiger partial charge >= 0.3 is 11.7 Å². The van der Waals surface area contributed by atoms with Gasteiger partial charge in [-0.15, -0.1) is 0 Å². The average Bonchev–Trinajstić information content (AvgIpc) is 3.15. The minimum atomic E-state index is -1.05. The number of nitrogens with zero attached hydrogens (tertiary/aromatic N) is 4. The largest absolute Gasteiger partial charge is 0.480 e. The molecule has 0 saturated heterocycles. The number of carboxylic acid groups (broad SMARTS) is 1. The quantitative estimate of drug-likeness (QED) is 0.458. The zero-order valence-electron chi connectivity index (χ0n) is 17.7. The molecule has 0 amide bonds. The molecule has 0 radical (unpaired) electrons. The lowest BCUT2D eigenvalue weighted by Crippen LogP contribution is -2.37. The van der Waals surface area contributed by atoms with Gasteiger partial charge in [0.2, 0.25) is 5.95 Å². The average molecular weight is 433 g/mol. The second kappa shape index (κ2) is 8.54. The van der Waals surface area contributed by atoms with Crippen LogP contribution in [0.2, 0.25) is 0 Å². The van der Waals surface area contributed by atoms with Gasteiger partial charge in [-0.05, 0) is 11.1 Å². The first-order chi connectivity index (χ1) is 15.4. The number of aryl methyl sites for hydroxylation is 1. The molecular weight excluding hydrogens is 410 g/mol. The van der Waals surface area contributed by atoms with Crippen LogP contribution >= 0.6 is 0 Å². The highest BCUT2D eigenvalue weighted by atomic mass is 16.4. The molecule has 0 unspecified atom stereocenters. The summed E-state index contributed by atoms with van der Waals surface area (Å²) in [5, 5.41) is 12.8. The Morgan fingerprint density at radius 3 is 2.16 bits per heavy atom. The van der Waals surface area contributed by atoms with Crippen LogP contribution in [-0.4, -0.2) is 35.8 Å². The summed E-state index contributed by atoms with van der Waals surface area (Å²) in [5.74, 6) is -0.834. The van der Waals surface area contributed by atoms with Gasteiger partial charge in [-0.3, -0.25) is 18.5 Å². The standard InChI is InChI=1S/C23H23N5O4/c1-26-19-18(20(29)27(2)23(26)32)28(14-16-11-7-4-8-12-16)22(25-19)24-17(21(30)31)13-15-9-5-3-6-10-15/h3-12,17H,13-14H2,1-2H3,(H,24,25)(H,30,31)/t17-/m1/s1. The molecule has 2 heterocycles. The Labute approximate surface area is 183 Å². The van der Waals surface area contributed by atoms with Crippen LogP contribution in [0.5, 0.6) is 0 Å². The second-order valence-electron chi connectivity index (χ2n) is 7.61. The van der Waals surface area contributed by atoms with Gasteiger partial charge in [-0.25, -0.2) is 9.59 Å². The Kier molecular flexibility index (Phi) is 5.63. The van der Waals surface area contributed by atoms with E-state index in [1.54, 1.807) is 4.57 Å². The normalized spacial score (nSPS) is 12.1. The summed E-state index contributed by atoms with van der Waals surface area (Å²) < 4.78 is 3.94. The Balaban J connectivity index is 1.85. The molecule has 0 saturated carbocycles. The van der Waals surface area contributed by atoms with Crippen molar-refractivity contribution in [2.45, 2.75) is 19.0 Å². The fraction of sp³-hybridized carbons (Fsp3) is 0.217. The lowest BCUT2D eigenvalue weighted by atomic mass is 10.1. The van der Waals surface area contributed by atoms with Gasteiger partial charge in [0.25, 0.3) is 5.56 Å². The highest BCUT2D eigenvalue weighted by molar-refractivity contribution is 5.79. The Morgan fingerprint density at radius 1 is 0.969 bits per heavy atom. The Morgan fingerprint density at radius 2 is 1.56 bits per heavy atom. The molecule has 0 aliphatic carbocycles. The van der Waals surface area contributed by atoms with Crippen LogP contribution in [0.1, 0.15) is 11.1 Å². The summed E-state index contributed by atoms with van der Waals surface area (Å²) in [6.07, 6.45) is 0.224. The number of carbonyl (C=O) groups is 1. The van der Waals surface area contributed by atoms with Crippen molar-refractivity contribution >= 4 is 23.1 Å². The van der Waals surface area contributed by atoms with Gasteiger partial charge in [0, 0.05) is 20.5 Å². The monoisotopic (exact) mass is 433 g/mol. The first-order valence-corrected chi connectivity index (χ1v) is 10.1. The molecule has 0 spiro atoms. The number of rotatable bonds is 7. The number of hydrogen-bond acceptors (Lipinski definition) is 5. The molecule has 1 atom stereocenters. The van der Waals surface area contributed by atoms with Crippen LogP contribution in [0.15, 0.2) is 70.3 Å². The molecule has 0 aliphatic heterocycles. The second-order valence-corrected chi connectivity index (χ2v) is 7.61. The first-order valence-electron chi connectivity index (χ1n) is 10.1. The molecule has 4 rings (SSSR count). The van der Waals surface area contributed by atoms with E-state index in [1.807, 2.05) is 60.7 Å². The highest BCUT2D eigenvalue weighted by Crippen LogP contribution is 2.19. The van der Waals surface area contributed by atoms with Crippen molar-refractivity contribution in [2.75, 3.05) is 5.32 Å². The third kappa shape index (κ3) is 3.92. The van der Waals surface area contributed by atoms with E-state index < -0.39 is 23.3 Å². The van der Waals surface area contributed by atoms with E-state index in [0.717, 1.165) is 15.7 Å². The van der Waals surface area contributed by atoms with Crippen molar-refractivity contribution in [3.8, 4) is 0 Å². The number of anilines is 1. The number of carboxylic acids is 1. The van der Waals surface area contributed by atoms with E-state index in [0.29, 0.717) is 0 Å². The van der Waals surface area contributed by atoms with Crippen molar-refractivity contribution in [1.29, 1.82) is 0 Å². The molecule has 4 aromatic rings. The number of benzene rings is 2. The van der Waals surface area contributed by atoms with E-state index in [9.17, 15) is 19.5 Å². The third-order valence-electron chi connectivity index (χ3n) is 5.42. The van der Waals surface area contributed by atoms with Crippen LogP contribution in [0.3, 0.4) is 0 Å². The number of nitrogens with one attached hydrogen (secondary N) is 1. The van der Waals surface area contributed by atoms with Gasteiger partial charge in [-0.2, -0.15) is 4.98 Å². The molecule has 0 bridgehead atoms. The molecule has 2 aromatic carbocycles. The Bertz CT molecular complexity index is 1390. The van der Waals surface area contributed by atoms with Crippen molar-refractivity contribution < 1.29 is 9.90 Å². The molecule has 0 fully saturated rings. The number of aliphatic carboxylic acids is 1. The van der Waals surface area contributed by atoms with Gasteiger partial charge in [0.15, 0.2) is 11.2 Å². The van der Waals surface area contributed by atoms with Crippen molar-refractivity contribution in [1.82, 2.24) is 18.7 Å². The Hall–Kier alpha value is -4.14. The molecule has 0 aliphatic rings. The maximum Gasteiger partial charge on any atom is 0.332 e. The minimum Gasteiger partial charge on any atom is -0.480 e.